The Hall–Kier alpha value is -1.16. The van der Waals surface area contributed by atoms with Crippen molar-refractivity contribution in [3.63, 3.8) is 0 Å². The maximum Gasteiger partial charge on any atom is 0.122 e. The number of nitrogens with zero attached hydrogens (tertiary/aromatic N) is 1. The highest BCUT2D eigenvalue weighted by atomic mass is 32.2. The van der Waals surface area contributed by atoms with Gasteiger partial charge in [0.1, 0.15) is 5.84 Å². The maximum atomic E-state index is 7.36. The van der Waals surface area contributed by atoms with Crippen molar-refractivity contribution in [2.24, 2.45) is 5.73 Å². The number of thioether (sulfide) groups is 1. The molecular weight excluding hydrogens is 230 g/mol. The molecule has 3 nitrogen and oxygen atoms in total. The molecule has 1 unspecified atom stereocenters. The van der Waals surface area contributed by atoms with Crippen molar-refractivity contribution >= 4 is 23.3 Å². The molecule has 1 aromatic carbocycles. The van der Waals surface area contributed by atoms with E-state index in [1.807, 2.05) is 36.0 Å². The van der Waals surface area contributed by atoms with Crippen LogP contribution in [0.3, 0.4) is 0 Å². The van der Waals surface area contributed by atoms with Crippen LogP contribution >= 0.6 is 11.8 Å². The first kappa shape index (κ1) is 13.9. The van der Waals surface area contributed by atoms with E-state index < -0.39 is 0 Å². The highest BCUT2D eigenvalue weighted by Gasteiger charge is 2.12. The summed E-state index contributed by atoms with van der Waals surface area (Å²) >= 11 is 1.87. The Balaban J connectivity index is 2.81. The van der Waals surface area contributed by atoms with Crippen LogP contribution in [-0.4, -0.2) is 30.9 Å². The van der Waals surface area contributed by atoms with E-state index in [1.54, 1.807) is 0 Å². The fourth-order valence-corrected chi connectivity index (χ4v) is 2.63. The van der Waals surface area contributed by atoms with Crippen LogP contribution in [0.1, 0.15) is 18.9 Å². The minimum Gasteiger partial charge on any atom is -0.384 e. The van der Waals surface area contributed by atoms with Gasteiger partial charge in [0.2, 0.25) is 0 Å². The van der Waals surface area contributed by atoms with Crippen LogP contribution in [0.5, 0.6) is 0 Å². The van der Waals surface area contributed by atoms with Crippen LogP contribution in [0, 0.1) is 5.41 Å². The number of nitrogen functional groups attached to an aromatic ring is 1. The van der Waals surface area contributed by atoms with Gasteiger partial charge < -0.3 is 10.6 Å². The zero-order chi connectivity index (χ0) is 12.8. The fourth-order valence-electron chi connectivity index (χ4n) is 1.78. The Kier molecular flexibility index (Phi) is 5.35. The van der Waals surface area contributed by atoms with E-state index in [-0.39, 0.29) is 5.84 Å². The van der Waals surface area contributed by atoms with Crippen LogP contribution < -0.4 is 10.6 Å². The lowest BCUT2D eigenvalue weighted by molar-refractivity contribution is 0.673. The molecule has 0 spiro atoms. The molecule has 17 heavy (non-hydrogen) atoms. The number of hydrogen-bond acceptors (Lipinski definition) is 3. The van der Waals surface area contributed by atoms with Gasteiger partial charge in [-0.1, -0.05) is 6.92 Å². The molecule has 0 heterocycles. The summed E-state index contributed by atoms with van der Waals surface area (Å²) in [5.74, 6) is 1.25. The van der Waals surface area contributed by atoms with Crippen LogP contribution in [-0.2, 0) is 0 Å². The normalized spacial score (nSPS) is 12.2. The van der Waals surface area contributed by atoms with E-state index in [4.69, 9.17) is 11.1 Å². The minimum absolute atomic E-state index is 0.121. The molecule has 0 fully saturated rings. The van der Waals surface area contributed by atoms with Crippen molar-refractivity contribution in [1.82, 2.24) is 0 Å². The third kappa shape index (κ3) is 3.66. The highest BCUT2D eigenvalue weighted by Crippen LogP contribution is 2.19. The van der Waals surface area contributed by atoms with E-state index in [0.717, 1.165) is 17.7 Å². The third-order valence-corrected chi connectivity index (χ3v) is 3.68. The molecule has 1 atom stereocenters. The number of benzene rings is 1. The van der Waals surface area contributed by atoms with Gasteiger partial charge in [-0.2, -0.15) is 11.8 Å². The van der Waals surface area contributed by atoms with Gasteiger partial charge in [0, 0.05) is 30.1 Å². The lowest BCUT2D eigenvalue weighted by atomic mass is 10.1. The summed E-state index contributed by atoms with van der Waals surface area (Å²) in [5.41, 5.74) is 7.39. The number of rotatable bonds is 6. The van der Waals surface area contributed by atoms with Gasteiger partial charge in [0.05, 0.1) is 0 Å². The Morgan fingerprint density at radius 3 is 2.41 bits per heavy atom. The SMILES string of the molecule is CCC(CSC)N(C)c1ccc(C(=N)N)cc1. The minimum atomic E-state index is 0.121. The molecule has 0 bridgehead atoms. The number of nitrogens with one attached hydrogen (secondary N) is 1. The first-order chi connectivity index (χ1) is 8.10. The Bertz CT molecular complexity index is 361. The number of nitrogens with two attached hydrogens (primary N) is 1. The summed E-state index contributed by atoms with van der Waals surface area (Å²) in [6, 6.07) is 8.41. The molecule has 0 aliphatic heterocycles. The summed E-state index contributed by atoms with van der Waals surface area (Å²) in [6.07, 6.45) is 3.27. The number of anilines is 1. The molecule has 0 saturated heterocycles. The summed E-state index contributed by atoms with van der Waals surface area (Å²) < 4.78 is 0. The van der Waals surface area contributed by atoms with Gasteiger partial charge in [-0.05, 0) is 36.9 Å². The molecule has 1 rings (SSSR count). The smallest absolute Gasteiger partial charge is 0.122 e. The first-order valence-corrected chi connectivity index (χ1v) is 7.15. The van der Waals surface area contributed by atoms with Gasteiger partial charge in [0.25, 0.3) is 0 Å². The molecule has 0 saturated carbocycles. The zero-order valence-electron chi connectivity index (χ0n) is 10.7. The van der Waals surface area contributed by atoms with Crippen molar-refractivity contribution in [3.05, 3.63) is 29.8 Å². The molecule has 1 aromatic rings. The van der Waals surface area contributed by atoms with Crippen LogP contribution in [0.15, 0.2) is 24.3 Å². The van der Waals surface area contributed by atoms with Crippen LogP contribution in [0.25, 0.3) is 0 Å². The van der Waals surface area contributed by atoms with Crippen molar-refractivity contribution < 1.29 is 0 Å². The molecule has 0 aromatic heterocycles. The molecular formula is C13H21N3S. The standard InChI is InChI=1S/C13H21N3S/c1-4-11(9-17-3)16(2)12-7-5-10(6-8-12)13(14)15/h5-8,11H,4,9H2,1-3H3,(H3,14,15). The third-order valence-electron chi connectivity index (χ3n) is 2.96. The summed E-state index contributed by atoms with van der Waals surface area (Å²) in [4.78, 5) is 2.29. The maximum absolute atomic E-state index is 7.36. The summed E-state index contributed by atoms with van der Waals surface area (Å²) in [5, 5.41) is 7.36. The van der Waals surface area contributed by atoms with Crippen LogP contribution in [0.4, 0.5) is 5.69 Å². The van der Waals surface area contributed by atoms with Gasteiger partial charge >= 0.3 is 0 Å². The predicted molar refractivity (Wildman–Crippen MR) is 78.3 cm³/mol. The second kappa shape index (κ2) is 6.55. The Morgan fingerprint density at radius 2 is 2.00 bits per heavy atom. The predicted octanol–water partition coefficient (Wildman–Crippen LogP) is 2.55. The quantitative estimate of drug-likeness (QED) is 0.603. The molecule has 0 aliphatic rings. The molecule has 4 heteroatoms. The lowest BCUT2D eigenvalue weighted by Crippen LogP contribution is -2.33. The van der Waals surface area contributed by atoms with Crippen molar-refractivity contribution in [3.8, 4) is 0 Å². The van der Waals surface area contributed by atoms with Gasteiger partial charge in [-0.25, -0.2) is 0 Å². The van der Waals surface area contributed by atoms with Gasteiger partial charge in [-0.15, -0.1) is 0 Å². The average Bonchev–Trinajstić information content (AvgIpc) is 2.35. The van der Waals surface area contributed by atoms with Gasteiger partial charge in [0.15, 0.2) is 0 Å². The monoisotopic (exact) mass is 251 g/mol. The second-order valence-corrected chi connectivity index (χ2v) is 5.00. The van der Waals surface area contributed by atoms with Crippen molar-refractivity contribution in [2.75, 3.05) is 24.0 Å². The van der Waals surface area contributed by atoms with Crippen LogP contribution in [0.2, 0.25) is 0 Å². The van der Waals surface area contributed by atoms with E-state index in [2.05, 4.69) is 25.1 Å². The van der Waals surface area contributed by atoms with E-state index >= 15 is 0 Å². The Labute approximate surface area is 108 Å². The number of hydrogen-bond donors (Lipinski definition) is 2. The zero-order valence-corrected chi connectivity index (χ0v) is 11.6. The largest absolute Gasteiger partial charge is 0.384 e. The second-order valence-electron chi connectivity index (χ2n) is 4.09. The van der Waals surface area contributed by atoms with Gasteiger partial charge in [-0.3, -0.25) is 5.41 Å². The summed E-state index contributed by atoms with van der Waals surface area (Å²) in [7, 11) is 2.12. The molecule has 94 valence electrons. The van der Waals surface area contributed by atoms with E-state index in [1.165, 1.54) is 5.69 Å². The Morgan fingerprint density at radius 1 is 1.41 bits per heavy atom. The van der Waals surface area contributed by atoms with Crippen molar-refractivity contribution in [1.29, 1.82) is 5.41 Å². The molecule has 0 aliphatic carbocycles. The first-order valence-electron chi connectivity index (χ1n) is 5.76. The lowest BCUT2D eigenvalue weighted by Gasteiger charge is -2.29. The average molecular weight is 251 g/mol. The number of amidine groups is 1. The van der Waals surface area contributed by atoms with E-state index in [0.29, 0.717) is 6.04 Å². The molecule has 3 N–H and O–H groups in total. The van der Waals surface area contributed by atoms with E-state index in [9.17, 15) is 0 Å². The molecule has 0 radical (unpaired) electrons. The summed E-state index contributed by atoms with van der Waals surface area (Å²) in [6.45, 7) is 2.21. The fraction of sp³-hybridized carbons (Fsp3) is 0.462. The van der Waals surface area contributed by atoms with Crippen molar-refractivity contribution in [2.45, 2.75) is 19.4 Å². The highest BCUT2D eigenvalue weighted by molar-refractivity contribution is 7.98. The molecule has 0 amide bonds. The topological polar surface area (TPSA) is 53.1 Å².